The Balaban J connectivity index is 2.06. The summed E-state index contributed by atoms with van der Waals surface area (Å²) in [5, 5.41) is 9.49. The minimum atomic E-state index is -0.417. The topological polar surface area (TPSA) is 29.5 Å². The fraction of sp³-hybridized carbons (Fsp3) is 0.250. The molecule has 106 valence electrons. The maximum atomic E-state index is 9.49. The van der Waals surface area contributed by atoms with Crippen LogP contribution in [-0.2, 0) is 5.75 Å². The summed E-state index contributed by atoms with van der Waals surface area (Å²) >= 11 is 5.23. The first kappa shape index (κ1) is 15.4. The van der Waals surface area contributed by atoms with Crippen LogP contribution in [0.3, 0.4) is 0 Å². The second-order valence-electron chi connectivity index (χ2n) is 4.49. The minimum Gasteiger partial charge on any atom is -0.496 e. The van der Waals surface area contributed by atoms with Gasteiger partial charge in [-0.2, -0.15) is 0 Å². The largest absolute Gasteiger partial charge is 0.496 e. The van der Waals surface area contributed by atoms with Gasteiger partial charge in [0.25, 0.3) is 0 Å². The van der Waals surface area contributed by atoms with Crippen molar-refractivity contribution in [2.45, 2.75) is 23.7 Å². The van der Waals surface area contributed by atoms with Gasteiger partial charge in [-0.05, 0) is 42.8 Å². The quantitative estimate of drug-likeness (QED) is 0.783. The second-order valence-corrected chi connectivity index (χ2v) is 6.45. The van der Waals surface area contributed by atoms with Crippen molar-refractivity contribution in [1.29, 1.82) is 0 Å². The lowest BCUT2D eigenvalue weighted by atomic mass is 10.1. The van der Waals surface area contributed by atoms with E-state index in [0.717, 1.165) is 27.1 Å². The molecule has 1 atom stereocenters. The fourth-order valence-corrected chi connectivity index (χ4v) is 3.15. The van der Waals surface area contributed by atoms with E-state index in [9.17, 15) is 5.11 Å². The summed E-state index contributed by atoms with van der Waals surface area (Å²) < 4.78 is 6.43. The average Bonchev–Trinajstić information content (AvgIpc) is 2.45. The third-order valence-electron chi connectivity index (χ3n) is 3.00. The van der Waals surface area contributed by atoms with Crippen LogP contribution in [0.1, 0.15) is 24.2 Å². The Labute approximate surface area is 132 Å². The molecule has 0 saturated carbocycles. The van der Waals surface area contributed by atoms with Crippen molar-refractivity contribution in [2.75, 3.05) is 7.11 Å². The van der Waals surface area contributed by atoms with Crippen molar-refractivity contribution in [3.63, 3.8) is 0 Å². The molecule has 0 radical (unpaired) electrons. The normalized spacial score (nSPS) is 12.2. The van der Waals surface area contributed by atoms with E-state index in [2.05, 4.69) is 22.0 Å². The maximum Gasteiger partial charge on any atom is 0.122 e. The van der Waals surface area contributed by atoms with E-state index < -0.39 is 6.10 Å². The molecule has 0 fully saturated rings. The van der Waals surface area contributed by atoms with Gasteiger partial charge in [0.15, 0.2) is 0 Å². The monoisotopic (exact) mass is 352 g/mol. The second kappa shape index (κ2) is 7.16. The lowest BCUT2D eigenvalue weighted by molar-refractivity contribution is 0.199. The zero-order valence-corrected chi connectivity index (χ0v) is 13.9. The Morgan fingerprint density at radius 2 is 1.90 bits per heavy atom. The van der Waals surface area contributed by atoms with Crippen LogP contribution in [0.5, 0.6) is 5.75 Å². The van der Waals surface area contributed by atoms with Crippen molar-refractivity contribution in [2.24, 2.45) is 0 Å². The number of benzene rings is 2. The lowest BCUT2D eigenvalue weighted by Crippen LogP contribution is -1.91. The summed E-state index contributed by atoms with van der Waals surface area (Å²) in [7, 11) is 1.69. The first-order chi connectivity index (χ1) is 9.60. The van der Waals surface area contributed by atoms with Crippen LogP contribution >= 0.6 is 27.7 Å². The van der Waals surface area contributed by atoms with E-state index in [-0.39, 0.29) is 0 Å². The number of thioether (sulfide) groups is 1. The highest BCUT2D eigenvalue weighted by molar-refractivity contribution is 9.10. The molecule has 0 bridgehead atoms. The molecule has 0 aliphatic rings. The molecule has 1 N–H and O–H groups in total. The van der Waals surface area contributed by atoms with E-state index in [0.29, 0.717) is 0 Å². The van der Waals surface area contributed by atoms with E-state index in [1.807, 2.05) is 36.4 Å². The number of ether oxygens (including phenoxy) is 1. The molecule has 4 heteroatoms. The van der Waals surface area contributed by atoms with Gasteiger partial charge in [0.1, 0.15) is 5.75 Å². The van der Waals surface area contributed by atoms with Crippen molar-refractivity contribution in [3.05, 3.63) is 58.1 Å². The Morgan fingerprint density at radius 3 is 2.50 bits per heavy atom. The van der Waals surface area contributed by atoms with Crippen LogP contribution in [-0.4, -0.2) is 12.2 Å². The molecule has 2 aromatic carbocycles. The third-order valence-corrected chi connectivity index (χ3v) is 4.55. The molecule has 2 nitrogen and oxygen atoms in total. The standard InChI is InChI=1S/C16H17BrO2S/c1-11(18)12-3-6-15(7-4-12)20-10-13-9-14(17)5-8-16(13)19-2/h3-9,11,18H,10H2,1-2H3. The van der Waals surface area contributed by atoms with E-state index in [1.54, 1.807) is 25.8 Å². The van der Waals surface area contributed by atoms with Crippen LogP contribution in [0.15, 0.2) is 51.8 Å². The summed E-state index contributed by atoms with van der Waals surface area (Å²) in [6.45, 7) is 1.77. The third kappa shape index (κ3) is 4.01. The first-order valence-electron chi connectivity index (χ1n) is 6.33. The summed E-state index contributed by atoms with van der Waals surface area (Å²) in [5.74, 6) is 1.75. The Hall–Kier alpha value is -0.970. The van der Waals surface area contributed by atoms with Crippen molar-refractivity contribution in [1.82, 2.24) is 0 Å². The highest BCUT2D eigenvalue weighted by Gasteiger charge is 2.05. The molecule has 0 spiro atoms. The molecule has 0 aliphatic carbocycles. The molecule has 0 aromatic heterocycles. The number of aliphatic hydroxyl groups excluding tert-OH is 1. The van der Waals surface area contributed by atoms with E-state index >= 15 is 0 Å². The highest BCUT2D eigenvalue weighted by Crippen LogP contribution is 2.30. The highest BCUT2D eigenvalue weighted by atomic mass is 79.9. The molecule has 2 rings (SSSR count). The molecule has 2 aromatic rings. The minimum absolute atomic E-state index is 0.417. The number of hydrogen-bond acceptors (Lipinski definition) is 3. The zero-order chi connectivity index (χ0) is 14.5. The molecule has 1 unspecified atom stereocenters. The zero-order valence-electron chi connectivity index (χ0n) is 11.5. The molecule has 0 amide bonds. The molecular weight excluding hydrogens is 336 g/mol. The van der Waals surface area contributed by atoms with Crippen LogP contribution in [0.25, 0.3) is 0 Å². The van der Waals surface area contributed by atoms with Gasteiger partial charge in [0.05, 0.1) is 13.2 Å². The first-order valence-corrected chi connectivity index (χ1v) is 8.11. The van der Waals surface area contributed by atoms with Gasteiger partial charge in [0, 0.05) is 20.7 Å². The van der Waals surface area contributed by atoms with E-state index in [4.69, 9.17) is 4.74 Å². The molecule has 20 heavy (non-hydrogen) atoms. The van der Waals surface area contributed by atoms with Gasteiger partial charge in [-0.25, -0.2) is 0 Å². The Kier molecular flexibility index (Phi) is 5.52. The van der Waals surface area contributed by atoms with Gasteiger partial charge in [0.2, 0.25) is 0 Å². The summed E-state index contributed by atoms with van der Waals surface area (Å²) in [6, 6.07) is 14.0. The molecular formula is C16H17BrO2S. The molecule has 0 heterocycles. The van der Waals surface area contributed by atoms with Crippen molar-refractivity contribution in [3.8, 4) is 5.75 Å². The van der Waals surface area contributed by atoms with Gasteiger partial charge >= 0.3 is 0 Å². The van der Waals surface area contributed by atoms with Crippen LogP contribution < -0.4 is 4.74 Å². The van der Waals surface area contributed by atoms with Gasteiger partial charge in [-0.3, -0.25) is 0 Å². The predicted molar refractivity (Wildman–Crippen MR) is 87.3 cm³/mol. The molecule has 0 aliphatic heterocycles. The number of rotatable bonds is 5. The van der Waals surface area contributed by atoms with Crippen LogP contribution in [0.4, 0.5) is 0 Å². The van der Waals surface area contributed by atoms with Gasteiger partial charge in [-0.15, -0.1) is 11.8 Å². The maximum absolute atomic E-state index is 9.49. The Bertz CT molecular complexity index is 567. The number of aliphatic hydroxyl groups is 1. The number of hydrogen-bond donors (Lipinski definition) is 1. The smallest absolute Gasteiger partial charge is 0.122 e. The Morgan fingerprint density at radius 1 is 1.20 bits per heavy atom. The predicted octanol–water partition coefficient (Wildman–Crippen LogP) is 4.80. The van der Waals surface area contributed by atoms with Crippen LogP contribution in [0, 0.1) is 0 Å². The van der Waals surface area contributed by atoms with Crippen molar-refractivity contribution >= 4 is 27.7 Å². The summed E-state index contributed by atoms with van der Waals surface area (Å²) in [4.78, 5) is 1.18. The summed E-state index contributed by atoms with van der Waals surface area (Å²) in [6.07, 6.45) is -0.417. The summed E-state index contributed by atoms with van der Waals surface area (Å²) in [5.41, 5.74) is 2.10. The van der Waals surface area contributed by atoms with Crippen LogP contribution in [0.2, 0.25) is 0 Å². The number of halogens is 1. The fourth-order valence-electron chi connectivity index (χ4n) is 1.86. The molecule has 0 saturated heterocycles. The average molecular weight is 353 g/mol. The SMILES string of the molecule is COc1ccc(Br)cc1CSc1ccc(C(C)O)cc1. The van der Waals surface area contributed by atoms with Crippen molar-refractivity contribution < 1.29 is 9.84 Å². The van der Waals surface area contributed by atoms with E-state index in [1.165, 1.54) is 4.90 Å². The lowest BCUT2D eigenvalue weighted by Gasteiger charge is -2.09. The van der Waals surface area contributed by atoms with Gasteiger partial charge in [-0.1, -0.05) is 28.1 Å². The van der Waals surface area contributed by atoms with Gasteiger partial charge < -0.3 is 9.84 Å². The number of methoxy groups -OCH3 is 1.